The Bertz CT molecular complexity index is 1200. The van der Waals surface area contributed by atoms with Crippen LogP contribution in [0.25, 0.3) is 0 Å². The summed E-state index contributed by atoms with van der Waals surface area (Å²) in [5.74, 6) is -4.72. The molecule has 15 heteroatoms. The first-order valence-electron chi connectivity index (χ1n) is 12.5. The minimum atomic E-state index is -4.19. The first-order valence-corrected chi connectivity index (χ1v) is 13.9. The number of esters is 5. The van der Waals surface area contributed by atoms with E-state index in [0.717, 1.165) is 40.2 Å². The average molecular weight is 603 g/mol. The van der Waals surface area contributed by atoms with Gasteiger partial charge in [-0.1, -0.05) is 17.7 Å². The smallest absolute Gasteiger partial charge is 0.303 e. The molecule has 0 aromatic heterocycles. The second-order valence-electron chi connectivity index (χ2n) is 9.47. The van der Waals surface area contributed by atoms with Crippen LogP contribution < -0.4 is 0 Å². The Morgan fingerprint density at radius 2 is 1.10 bits per heavy atom. The molecule has 228 valence electrons. The highest BCUT2D eigenvalue weighted by Crippen LogP contribution is 2.41. The van der Waals surface area contributed by atoms with Gasteiger partial charge < -0.3 is 28.8 Å². The van der Waals surface area contributed by atoms with Crippen molar-refractivity contribution in [2.75, 3.05) is 6.61 Å². The first kappa shape index (κ1) is 33.6. The quantitative estimate of drug-likeness (QED) is 0.162. The van der Waals surface area contributed by atoms with Crippen molar-refractivity contribution in [2.24, 2.45) is 0 Å². The van der Waals surface area contributed by atoms with E-state index in [1.54, 1.807) is 19.1 Å². The number of carbonyl (C=O) groups excluding carboxylic acids is 5. The van der Waals surface area contributed by atoms with Crippen LogP contribution in [0.5, 0.6) is 0 Å². The van der Waals surface area contributed by atoms with E-state index in [9.17, 15) is 37.5 Å². The zero-order valence-electron chi connectivity index (χ0n) is 23.5. The zero-order chi connectivity index (χ0) is 31.1. The van der Waals surface area contributed by atoms with Gasteiger partial charge in [-0.3, -0.25) is 28.2 Å². The highest BCUT2D eigenvalue weighted by Gasteiger charge is 2.66. The second-order valence-corrected chi connectivity index (χ2v) is 11.1. The van der Waals surface area contributed by atoms with Crippen molar-refractivity contribution < 1.29 is 65.4 Å². The zero-order valence-corrected chi connectivity index (χ0v) is 24.3. The topological polar surface area (TPSA) is 195 Å². The van der Waals surface area contributed by atoms with Crippen molar-refractivity contribution in [3.63, 3.8) is 0 Å². The molecule has 0 saturated heterocycles. The summed E-state index contributed by atoms with van der Waals surface area (Å²) < 4.78 is 56.8. The van der Waals surface area contributed by atoms with E-state index in [0.29, 0.717) is 0 Å². The van der Waals surface area contributed by atoms with E-state index >= 15 is 0 Å². The van der Waals surface area contributed by atoms with Crippen LogP contribution >= 0.6 is 0 Å². The minimum Gasteiger partial charge on any atom is -0.455 e. The number of benzene rings is 1. The lowest BCUT2D eigenvalue weighted by atomic mass is 9.71. The van der Waals surface area contributed by atoms with Crippen molar-refractivity contribution in [2.45, 2.75) is 95.4 Å². The lowest BCUT2D eigenvalue weighted by Gasteiger charge is -2.52. The number of ether oxygens (including phenoxy) is 5. The van der Waals surface area contributed by atoms with Gasteiger partial charge in [-0.05, 0) is 31.9 Å². The van der Waals surface area contributed by atoms with Crippen LogP contribution in [0.1, 0.15) is 53.0 Å². The third-order valence-electron chi connectivity index (χ3n) is 5.99. The summed E-state index contributed by atoms with van der Waals surface area (Å²) in [5.41, 5.74) is -1.64. The van der Waals surface area contributed by atoms with Crippen molar-refractivity contribution >= 4 is 40.0 Å². The van der Waals surface area contributed by atoms with Crippen LogP contribution in [0.15, 0.2) is 29.2 Å². The molecule has 0 heterocycles. The molecule has 0 aliphatic heterocycles. The van der Waals surface area contributed by atoms with E-state index in [1.807, 2.05) is 0 Å². The normalized spacial score (nSPS) is 25.9. The summed E-state index contributed by atoms with van der Waals surface area (Å²) in [5, 5.41) is 12.0. The van der Waals surface area contributed by atoms with Gasteiger partial charge in [-0.25, -0.2) is 0 Å². The second kappa shape index (κ2) is 13.9. The Labute approximate surface area is 237 Å². The first-order chi connectivity index (χ1) is 19.0. The van der Waals surface area contributed by atoms with E-state index in [2.05, 4.69) is 0 Å². The molecule has 1 N–H and O–H groups in total. The summed E-state index contributed by atoms with van der Waals surface area (Å²) in [6.07, 6.45) is -9.56. The fourth-order valence-corrected chi connectivity index (χ4v) is 5.45. The molecule has 0 amide bonds. The minimum absolute atomic E-state index is 0.107. The van der Waals surface area contributed by atoms with Gasteiger partial charge in [-0.15, -0.1) is 0 Å². The SMILES string of the molecule is CC(=O)OC1C(OC(C)=O)C(OC(C)=O)C(O)(CCCOS(=O)(=O)c2ccc(C)cc2)[C@@H](OC(C)=O)C1OC(C)=O. The molecule has 1 fully saturated rings. The van der Waals surface area contributed by atoms with Gasteiger partial charge in [0.05, 0.1) is 11.5 Å². The lowest BCUT2D eigenvalue weighted by Crippen LogP contribution is -2.74. The van der Waals surface area contributed by atoms with Gasteiger partial charge in [-0.2, -0.15) is 8.42 Å². The number of hydrogen-bond donors (Lipinski definition) is 1. The molecule has 6 atom stereocenters. The van der Waals surface area contributed by atoms with Gasteiger partial charge in [0.25, 0.3) is 10.1 Å². The maximum absolute atomic E-state index is 12.6. The monoisotopic (exact) mass is 602 g/mol. The van der Waals surface area contributed by atoms with Crippen LogP contribution in [-0.4, -0.2) is 86.1 Å². The van der Waals surface area contributed by atoms with E-state index in [1.165, 1.54) is 12.1 Å². The molecule has 0 spiro atoms. The highest BCUT2D eigenvalue weighted by molar-refractivity contribution is 7.86. The summed E-state index contributed by atoms with van der Waals surface area (Å²) in [7, 11) is -4.19. The van der Waals surface area contributed by atoms with Gasteiger partial charge in [0.1, 0.15) is 5.60 Å². The van der Waals surface area contributed by atoms with Crippen LogP contribution in [0.3, 0.4) is 0 Å². The molecular weight excluding hydrogens is 568 g/mol. The van der Waals surface area contributed by atoms with E-state index in [4.69, 9.17) is 27.9 Å². The Hall–Kier alpha value is -3.56. The molecule has 14 nitrogen and oxygen atoms in total. The molecular formula is C26H34O14S. The molecule has 1 aliphatic rings. The maximum Gasteiger partial charge on any atom is 0.303 e. The summed E-state index contributed by atoms with van der Waals surface area (Å²) in [4.78, 5) is 60.2. The van der Waals surface area contributed by atoms with Crippen LogP contribution in [-0.2, 0) is 62.0 Å². The fourth-order valence-electron chi connectivity index (χ4n) is 4.51. The number of rotatable bonds is 11. The predicted octanol–water partition coefficient (Wildman–Crippen LogP) is 0.884. The Morgan fingerprint density at radius 3 is 1.49 bits per heavy atom. The summed E-state index contributed by atoms with van der Waals surface area (Å²) in [6, 6.07) is 5.88. The number of aryl methyl sites for hydroxylation is 1. The van der Waals surface area contributed by atoms with Gasteiger partial charge in [0.15, 0.2) is 30.5 Å². The predicted molar refractivity (Wildman–Crippen MR) is 136 cm³/mol. The van der Waals surface area contributed by atoms with Crippen molar-refractivity contribution in [3.05, 3.63) is 29.8 Å². The molecule has 1 aliphatic carbocycles. The molecule has 0 radical (unpaired) electrons. The maximum atomic E-state index is 12.6. The number of hydrogen-bond acceptors (Lipinski definition) is 14. The third kappa shape index (κ3) is 8.96. The van der Waals surface area contributed by atoms with Crippen LogP contribution in [0.2, 0.25) is 0 Å². The van der Waals surface area contributed by atoms with Crippen molar-refractivity contribution in [1.82, 2.24) is 0 Å². The van der Waals surface area contributed by atoms with Crippen LogP contribution in [0, 0.1) is 6.92 Å². The molecule has 1 aromatic carbocycles. The summed E-state index contributed by atoms with van der Waals surface area (Å²) >= 11 is 0. The molecule has 41 heavy (non-hydrogen) atoms. The highest BCUT2D eigenvalue weighted by atomic mass is 32.2. The average Bonchev–Trinajstić information content (AvgIpc) is 2.83. The summed E-state index contributed by atoms with van der Waals surface area (Å²) in [6.45, 7) is 6.27. The largest absolute Gasteiger partial charge is 0.455 e. The fraction of sp³-hybridized carbons (Fsp3) is 0.577. The van der Waals surface area contributed by atoms with Gasteiger partial charge in [0, 0.05) is 34.6 Å². The van der Waals surface area contributed by atoms with Crippen molar-refractivity contribution in [3.8, 4) is 0 Å². The number of carbonyl (C=O) groups is 5. The van der Waals surface area contributed by atoms with E-state index < -0.39 is 89.1 Å². The number of aliphatic hydroxyl groups is 1. The Balaban J connectivity index is 2.53. The van der Waals surface area contributed by atoms with Gasteiger partial charge >= 0.3 is 29.8 Å². The Kier molecular flexibility index (Phi) is 11.4. The molecule has 0 bridgehead atoms. The van der Waals surface area contributed by atoms with Gasteiger partial charge in [0.2, 0.25) is 0 Å². The lowest BCUT2D eigenvalue weighted by molar-refractivity contribution is -0.287. The van der Waals surface area contributed by atoms with Crippen LogP contribution in [0.4, 0.5) is 0 Å². The third-order valence-corrected chi connectivity index (χ3v) is 7.32. The Morgan fingerprint density at radius 1 is 0.707 bits per heavy atom. The molecule has 2 rings (SSSR count). The standard InChI is InChI=1S/C26H34O14S/c1-14-8-10-20(11-9-14)41(33,34)35-13-7-12-26(32)24(39-18(5)30)22(37-16(3)28)21(36-15(2)27)23(38-17(4)29)25(26)40-19(6)31/h8-11,21-25,32H,7,12-13H2,1-6H3/t21?,22?,23?,24-,25?,26?/m0/s1. The van der Waals surface area contributed by atoms with E-state index in [-0.39, 0.29) is 11.3 Å². The van der Waals surface area contributed by atoms with Crippen molar-refractivity contribution in [1.29, 1.82) is 0 Å². The molecule has 5 unspecified atom stereocenters. The molecule has 1 saturated carbocycles. The molecule has 1 aromatic rings.